The fraction of sp³-hybridized carbons (Fsp3) is 0.318. The Morgan fingerprint density at radius 3 is 2.34 bits per heavy atom. The minimum atomic E-state index is -0.788. The normalized spacial score (nSPS) is 18.7. The summed E-state index contributed by atoms with van der Waals surface area (Å²) in [5.41, 5.74) is 0.479. The summed E-state index contributed by atoms with van der Waals surface area (Å²) in [4.78, 5) is 41.2. The Morgan fingerprint density at radius 1 is 1.03 bits per heavy atom. The first kappa shape index (κ1) is 19.0. The highest BCUT2D eigenvalue weighted by molar-refractivity contribution is 6.23. The fourth-order valence-corrected chi connectivity index (χ4v) is 3.56. The number of carbonyl (C=O) groups is 3. The Labute approximate surface area is 168 Å². The molecule has 2 aliphatic rings. The SMILES string of the molecule is COc1ccc(N2C(=O)CC(N(C(=O)COc3ccccc3)C3CC3)C2=O)cc1. The molecule has 0 spiro atoms. The molecule has 7 heteroatoms. The second-order valence-electron chi connectivity index (χ2n) is 7.12. The van der Waals surface area contributed by atoms with Gasteiger partial charge in [0.2, 0.25) is 5.91 Å². The lowest BCUT2D eigenvalue weighted by Gasteiger charge is -2.27. The summed E-state index contributed by atoms with van der Waals surface area (Å²) in [5.74, 6) is 0.259. The highest BCUT2D eigenvalue weighted by Gasteiger charge is 2.48. The molecular formula is C22H22N2O5. The number of carbonyl (C=O) groups excluding carboxylic acids is 3. The predicted octanol–water partition coefficient (Wildman–Crippen LogP) is 2.40. The van der Waals surface area contributed by atoms with Gasteiger partial charge in [-0.2, -0.15) is 0 Å². The first-order valence-corrected chi connectivity index (χ1v) is 9.58. The van der Waals surface area contributed by atoms with Crippen LogP contribution in [0.4, 0.5) is 5.69 Å². The Bertz CT molecular complexity index is 909. The van der Waals surface area contributed by atoms with Gasteiger partial charge in [-0.25, -0.2) is 4.90 Å². The third-order valence-electron chi connectivity index (χ3n) is 5.12. The summed E-state index contributed by atoms with van der Waals surface area (Å²) in [7, 11) is 1.55. The molecule has 2 aromatic carbocycles. The van der Waals surface area contributed by atoms with Crippen molar-refractivity contribution in [2.75, 3.05) is 18.6 Å². The van der Waals surface area contributed by atoms with E-state index in [9.17, 15) is 14.4 Å². The molecule has 2 aromatic rings. The van der Waals surface area contributed by atoms with Crippen LogP contribution < -0.4 is 14.4 Å². The van der Waals surface area contributed by atoms with E-state index in [1.165, 1.54) is 0 Å². The summed E-state index contributed by atoms with van der Waals surface area (Å²) in [6.07, 6.45) is 1.65. The van der Waals surface area contributed by atoms with E-state index in [4.69, 9.17) is 9.47 Å². The molecular weight excluding hydrogens is 372 g/mol. The van der Waals surface area contributed by atoms with Gasteiger partial charge in [-0.1, -0.05) is 18.2 Å². The summed E-state index contributed by atoms with van der Waals surface area (Å²) in [5, 5.41) is 0. The van der Waals surface area contributed by atoms with Crippen molar-refractivity contribution in [1.29, 1.82) is 0 Å². The van der Waals surface area contributed by atoms with Crippen LogP contribution in [0.3, 0.4) is 0 Å². The molecule has 1 atom stereocenters. The third-order valence-corrected chi connectivity index (χ3v) is 5.12. The number of para-hydroxylation sites is 1. The van der Waals surface area contributed by atoms with Gasteiger partial charge in [0.15, 0.2) is 6.61 Å². The van der Waals surface area contributed by atoms with Crippen LogP contribution in [0, 0.1) is 0 Å². The van der Waals surface area contributed by atoms with Gasteiger partial charge in [0.05, 0.1) is 19.2 Å². The van der Waals surface area contributed by atoms with Crippen molar-refractivity contribution < 1.29 is 23.9 Å². The molecule has 150 valence electrons. The Balaban J connectivity index is 1.49. The highest BCUT2D eigenvalue weighted by atomic mass is 16.5. The van der Waals surface area contributed by atoms with Crippen LogP contribution in [0.25, 0.3) is 0 Å². The number of imide groups is 1. The highest BCUT2D eigenvalue weighted by Crippen LogP contribution is 2.34. The number of anilines is 1. The molecule has 0 radical (unpaired) electrons. The van der Waals surface area contributed by atoms with Gasteiger partial charge in [0.1, 0.15) is 17.5 Å². The van der Waals surface area contributed by atoms with Crippen LogP contribution in [-0.2, 0) is 14.4 Å². The van der Waals surface area contributed by atoms with Crippen molar-refractivity contribution in [1.82, 2.24) is 4.90 Å². The predicted molar refractivity (Wildman–Crippen MR) is 106 cm³/mol. The molecule has 1 heterocycles. The molecule has 4 rings (SSSR count). The zero-order valence-electron chi connectivity index (χ0n) is 16.1. The minimum Gasteiger partial charge on any atom is -0.497 e. The standard InChI is InChI=1S/C22H22N2O5/c1-28-17-11-9-16(10-12-17)24-20(25)13-19(22(24)27)23(15-7-8-15)21(26)14-29-18-5-3-2-4-6-18/h2-6,9-12,15,19H,7-8,13-14H2,1H3. The maximum absolute atomic E-state index is 13.1. The number of rotatable bonds is 7. The maximum Gasteiger partial charge on any atom is 0.261 e. The zero-order chi connectivity index (χ0) is 20.4. The Kier molecular flexibility index (Phi) is 5.20. The summed E-state index contributed by atoms with van der Waals surface area (Å²) >= 11 is 0. The quantitative estimate of drug-likeness (QED) is 0.674. The second kappa shape index (κ2) is 7.95. The minimum absolute atomic E-state index is 0.0144. The second-order valence-corrected chi connectivity index (χ2v) is 7.12. The molecule has 2 fully saturated rings. The molecule has 1 saturated heterocycles. The van der Waals surface area contributed by atoms with Gasteiger partial charge >= 0.3 is 0 Å². The van der Waals surface area contributed by atoms with Crippen LogP contribution >= 0.6 is 0 Å². The number of hydrogen-bond donors (Lipinski definition) is 0. The molecule has 0 N–H and O–H groups in total. The van der Waals surface area contributed by atoms with Crippen molar-refractivity contribution in [3.8, 4) is 11.5 Å². The number of ether oxygens (including phenoxy) is 2. The Hall–Kier alpha value is -3.35. The van der Waals surface area contributed by atoms with Crippen molar-refractivity contribution in [3.63, 3.8) is 0 Å². The van der Waals surface area contributed by atoms with E-state index in [1.807, 2.05) is 18.2 Å². The van der Waals surface area contributed by atoms with Gasteiger partial charge < -0.3 is 14.4 Å². The molecule has 29 heavy (non-hydrogen) atoms. The zero-order valence-corrected chi connectivity index (χ0v) is 16.1. The molecule has 0 aromatic heterocycles. The van der Waals surface area contributed by atoms with Gasteiger partial charge in [0, 0.05) is 6.04 Å². The van der Waals surface area contributed by atoms with Crippen molar-refractivity contribution >= 4 is 23.4 Å². The first-order valence-electron chi connectivity index (χ1n) is 9.58. The fourth-order valence-electron chi connectivity index (χ4n) is 3.56. The average molecular weight is 394 g/mol. The van der Waals surface area contributed by atoms with E-state index in [1.54, 1.807) is 48.4 Å². The van der Waals surface area contributed by atoms with Crippen LogP contribution in [-0.4, -0.2) is 48.4 Å². The molecule has 0 bridgehead atoms. The van der Waals surface area contributed by atoms with Gasteiger partial charge in [-0.05, 0) is 49.2 Å². The van der Waals surface area contributed by atoms with Crippen LogP contribution in [0.5, 0.6) is 11.5 Å². The van der Waals surface area contributed by atoms with E-state index in [0.717, 1.165) is 17.7 Å². The average Bonchev–Trinajstić information content (AvgIpc) is 3.53. The molecule has 7 nitrogen and oxygen atoms in total. The maximum atomic E-state index is 13.1. The molecule has 3 amide bonds. The van der Waals surface area contributed by atoms with Crippen LogP contribution in [0.15, 0.2) is 54.6 Å². The lowest BCUT2D eigenvalue weighted by atomic mass is 10.2. The topological polar surface area (TPSA) is 76.2 Å². The number of methoxy groups -OCH3 is 1. The van der Waals surface area contributed by atoms with Gasteiger partial charge in [-0.3, -0.25) is 14.4 Å². The number of hydrogen-bond acceptors (Lipinski definition) is 5. The number of amides is 3. The molecule has 1 saturated carbocycles. The largest absolute Gasteiger partial charge is 0.497 e. The number of benzene rings is 2. The summed E-state index contributed by atoms with van der Waals surface area (Å²) in [6.45, 7) is -0.166. The van der Waals surface area contributed by atoms with E-state index in [0.29, 0.717) is 17.2 Å². The summed E-state index contributed by atoms with van der Waals surface area (Å²) in [6, 6.07) is 15.0. The van der Waals surface area contributed by atoms with Crippen molar-refractivity contribution in [2.45, 2.75) is 31.3 Å². The van der Waals surface area contributed by atoms with E-state index in [-0.39, 0.29) is 36.8 Å². The summed E-state index contributed by atoms with van der Waals surface area (Å²) < 4.78 is 10.7. The third kappa shape index (κ3) is 3.94. The van der Waals surface area contributed by atoms with E-state index >= 15 is 0 Å². The lowest BCUT2D eigenvalue weighted by molar-refractivity contribution is -0.140. The first-order chi connectivity index (χ1) is 14.1. The van der Waals surface area contributed by atoms with Crippen molar-refractivity contribution in [2.24, 2.45) is 0 Å². The van der Waals surface area contributed by atoms with E-state index < -0.39 is 6.04 Å². The molecule has 1 unspecified atom stereocenters. The van der Waals surface area contributed by atoms with Crippen LogP contribution in [0.1, 0.15) is 19.3 Å². The monoisotopic (exact) mass is 394 g/mol. The van der Waals surface area contributed by atoms with Crippen molar-refractivity contribution in [3.05, 3.63) is 54.6 Å². The smallest absolute Gasteiger partial charge is 0.261 e. The lowest BCUT2D eigenvalue weighted by Crippen LogP contribution is -2.48. The molecule has 1 aliphatic heterocycles. The Morgan fingerprint density at radius 2 is 1.72 bits per heavy atom. The van der Waals surface area contributed by atoms with Gasteiger partial charge in [0.25, 0.3) is 11.8 Å². The molecule has 1 aliphatic carbocycles. The van der Waals surface area contributed by atoms with Gasteiger partial charge in [-0.15, -0.1) is 0 Å². The van der Waals surface area contributed by atoms with Crippen LogP contribution in [0.2, 0.25) is 0 Å². The number of nitrogens with zero attached hydrogens (tertiary/aromatic N) is 2. The van der Waals surface area contributed by atoms with E-state index in [2.05, 4.69) is 0 Å².